The van der Waals surface area contributed by atoms with Crippen molar-refractivity contribution in [3.05, 3.63) is 35.9 Å². The first-order chi connectivity index (χ1) is 8.71. The summed E-state index contributed by atoms with van der Waals surface area (Å²) < 4.78 is 5.63. The second-order valence-corrected chi connectivity index (χ2v) is 5.55. The molecule has 1 saturated heterocycles. The van der Waals surface area contributed by atoms with Crippen LogP contribution in [0.3, 0.4) is 0 Å². The van der Waals surface area contributed by atoms with Crippen molar-refractivity contribution >= 4 is 0 Å². The summed E-state index contributed by atoms with van der Waals surface area (Å²) in [5.74, 6) is 0. The molecule has 1 aliphatic heterocycles. The molecule has 0 bridgehead atoms. The predicted octanol–water partition coefficient (Wildman–Crippen LogP) is 3.17. The maximum Gasteiger partial charge on any atom is 0.0726 e. The summed E-state index contributed by atoms with van der Waals surface area (Å²) in [7, 11) is 0. The number of ether oxygens (including phenoxy) is 1. The van der Waals surface area contributed by atoms with Gasteiger partial charge in [0.1, 0.15) is 0 Å². The Kier molecular flexibility index (Phi) is 4.79. The lowest BCUT2D eigenvalue weighted by Crippen LogP contribution is -2.48. The zero-order chi connectivity index (χ0) is 12.8. The topological polar surface area (TPSA) is 21.3 Å². The van der Waals surface area contributed by atoms with Gasteiger partial charge in [0.2, 0.25) is 0 Å². The Morgan fingerprint density at radius 2 is 2.06 bits per heavy atom. The molecule has 1 aromatic carbocycles. The van der Waals surface area contributed by atoms with E-state index in [-0.39, 0.29) is 5.54 Å². The van der Waals surface area contributed by atoms with Crippen molar-refractivity contribution in [1.29, 1.82) is 0 Å². The standard InChI is InChI=1S/C16H25NO/c1-14-16(2,11-13-18-14)17-12-7-6-10-15-8-4-3-5-9-15/h3-5,8-9,14,17H,6-7,10-13H2,1-2H3. The first kappa shape index (κ1) is 13.6. The second-order valence-electron chi connectivity index (χ2n) is 5.55. The van der Waals surface area contributed by atoms with Crippen molar-refractivity contribution in [2.75, 3.05) is 13.2 Å². The molecule has 0 amide bonds. The van der Waals surface area contributed by atoms with Crippen LogP contribution in [0.25, 0.3) is 0 Å². The minimum Gasteiger partial charge on any atom is -0.377 e. The maximum atomic E-state index is 5.63. The second kappa shape index (κ2) is 6.35. The van der Waals surface area contributed by atoms with Gasteiger partial charge in [-0.05, 0) is 51.6 Å². The fourth-order valence-electron chi connectivity index (χ4n) is 2.54. The molecule has 18 heavy (non-hydrogen) atoms. The third-order valence-corrected chi connectivity index (χ3v) is 4.15. The molecule has 0 saturated carbocycles. The highest BCUT2D eigenvalue weighted by Crippen LogP contribution is 2.24. The number of unbranched alkanes of at least 4 members (excludes halogenated alkanes) is 1. The van der Waals surface area contributed by atoms with Crippen LogP contribution in [-0.4, -0.2) is 24.8 Å². The molecule has 2 heteroatoms. The smallest absolute Gasteiger partial charge is 0.0726 e. The van der Waals surface area contributed by atoms with Crippen molar-refractivity contribution < 1.29 is 4.74 Å². The molecule has 0 spiro atoms. The van der Waals surface area contributed by atoms with Crippen LogP contribution in [0, 0.1) is 0 Å². The van der Waals surface area contributed by atoms with Crippen LogP contribution in [0.1, 0.15) is 38.7 Å². The van der Waals surface area contributed by atoms with Crippen molar-refractivity contribution in [1.82, 2.24) is 5.32 Å². The summed E-state index contributed by atoms with van der Waals surface area (Å²) in [6.45, 7) is 6.44. The average molecular weight is 247 g/mol. The molecule has 0 radical (unpaired) electrons. The van der Waals surface area contributed by atoms with Crippen LogP contribution in [0.4, 0.5) is 0 Å². The van der Waals surface area contributed by atoms with E-state index in [9.17, 15) is 0 Å². The summed E-state index contributed by atoms with van der Waals surface area (Å²) >= 11 is 0. The lowest BCUT2D eigenvalue weighted by molar-refractivity contribution is 0.0887. The molecular weight excluding hydrogens is 222 g/mol. The Morgan fingerprint density at radius 1 is 1.28 bits per heavy atom. The Morgan fingerprint density at radius 3 is 2.72 bits per heavy atom. The Balaban J connectivity index is 1.62. The van der Waals surface area contributed by atoms with E-state index in [4.69, 9.17) is 4.74 Å². The minimum atomic E-state index is 0.187. The first-order valence-electron chi connectivity index (χ1n) is 7.11. The van der Waals surface area contributed by atoms with Gasteiger partial charge in [0.25, 0.3) is 0 Å². The van der Waals surface area contributed by atoms with E-state index >= 15 is 0 Å². The lowest BCUT2D eigenvalue weighted by atomic mass is 9.94. The summed E-state index contributed by atoms with van der Waals surface area (Å²) in [5.41, 5.74) is 1.63. The molecule has 1 fully saturated rings. The number of aryl methyl sites for hydroxylation is 1. The van der Waals surface area contributed by atoms with Gasteiger partial charge in [-0.25, -0.2) is 0 Å². The zero-order valence-corrected chi connectivity index (χ0v) is 11.6. The van der Waals surface area contributed by atoms with E-state index in [0.29, 0.717) is 6.10 Å². The van der Waals surface area contributed by atoms with E-state index in [1.807, 2.05) is 0 Å². The highest BCUT2D eigenvalue weighted by atomic mass is 16.5. The van der Waals surface area contributed by atoms with Crippen LogP contribution in [-0.2, 0) is 11.2 Å². The van der Waals surface area contributed by atoms with Gasteiger partial charge in [0.15, 0.2) is 0 Å². The number of nitrogens with one attached hydrogen (secondary N) is 1. The van der Waals surface area contributed by atoms with Gasteiger partial charge in [-0.15, -0.1) is 0 Å². The fraction of sp³-hybridized carbons (Fsp3) is 0.625. The molecular formula is C16H25NO. The molecule has 2 rings (SSSR count). The van der Waals surface area contributed by atoms with Gasteiger partial charge in [-0.2, -0.15) is 0 Å². The quantitative estimate of drug-likeness (QED) is 0.780. The van der Waals surface area contributed by atoms with Crippen molar-refractivity contribution in [2.45, 2.75) is 51.2 Å². The zero-order valence-electron chi connectivity index (χ0n) is 11.6. The van der Waals surface area contributed by atoms with Crippen LogP contribution < -0.4 is 5.32 Å². The van der Waals surface area contributed by atoms with Gasteiger partial charge in [-0.1, -0.05) is 30.3 Å². The summed E-state index contributed by atoms with van der Waals surface area (Å²) in [4.78, 5) is 0. The summed E-state index contributed by atoms with van der Waals surface area (Å²) in [5, 5.41) is 3.67. The van der Waals surface area contributed by atoms with Crippen molar-refractivity contribution in [3.63, 3.8) is 0 Å². The third-order valence-electron chi connectivity index (χ3n) is 4.15. The normalized spacial score (nSPS) is 27.6. The fourth-order valence-corrected chi connectivity index (χ4v) is 2.54. The van der Waals surface area contributed by atoms with Gasteiger partial charge < -0.3 is 10.1 Å². The molecule has 0 aromatic heterocycles. The van der Waals surface area contributed by atoms with Crippen molar-refractivity contribution in [3.8, 4) is 0 Å². The molecule has 1 aromatic rings. The Labute approximate surface area is 111 Å². The predicted molar refractivity (Wildman–Crippen MR) is 75.8 cm³/mol. The Bertz CT molecular complexity index is 351. The average Bonchev–Trinajstić information content (AvgIpc) is 2.71. The Hall–Kier alpha value is -0.860. The van der Waals surface area contributed by atoms with Crippen LogP contribution >= 0.6 is 0 Å². The third kappa shape index (κ3) is 3.56. The molecule has 1 aliphatic rings. The molecule has 2 unspecified atom stereocenters. The molecule has 2 atom stereocenters. The number of hydrogen-bond acceptors (Lipinski definition) is 2. The number of rotatable bonds is 6. The monoisotopic (exact) mass is 247 g/mol. The highest BCUT2D eigenvalue weighted by molar-refractivity contribution is 5.14. The molecule has 0 aliphatic carbocycles. The highest BCUT2D eigenvalue weighted by Gasteiger charge is 2.35. The molecule has 1 heterocycles. The van der Waals surface area contributed by atoms with Crippen LogP contribution in [0.5, 0.6) is 0 Å². The van der Waals surface area contributed by atoms with E-state index in [1.54, 1.807) is 0 Å². The van der Waals surface area contributed by atoms with Crippen LogP contribution in [0.2, 0.25) is 0 Å². The first-order valence-corrected chi connectivity index (χ1v) is 7.11. The largest absolute Gasteiger partial charge is 0.377 e. The lowest BCUT2D eigenvalue weighted by Gasteiger charge is -2.29. The number of benzene rings is 1. The van der Waals surface area contributed by atoms with Gasteiger partial charge in [0.05, 0.1) is 6.10 Å². The maximum absolute atomic E-state index is 5.63. The molecule has 100 valence electrons. The number of hydrogen-bond donors (Lipinski definition) is 1. The summed E-state index contributed by atoms with van der Waals surface area (Å²) in [6.07, 6.45) is 5.14. The van der Waals surface area contributed by atoms with Gasteiger partial charge in [-0.3, -0.25) is 0 Å². The molecule has 1 N–H and O–H groups in total. The SMILES string of the molecule is CC1OCCC1(C)NCCCCc1ccccc1. The van der Waals surface area contributed by atoms with Crippen LogP contribution in [0.15, 0.2) is 30.3 Å². The van der Waals surface area contributed by atoms with Gasteiger partial charge in [0, 0.05) is 12.1 Å². The van der Waals surface area contributed by atoms with Gasteiger partial charge >= 0.3 is 0 Å². The summed E-state index contributed by atoms with van der Waals surface area (Å²) in [6, 6.07) is 10.7. The van der Waals surface area contributed by atoms with E-state index in [2.05, 4.69) is 49.5 Å². The minimum absolute atomic E-state index is 0.187. The molecule has 2 nitrogen and oxygen atoms in total. The van der Waals surface area contributed by atoms with E-state index in [1.165, 1.54) is 24.8 Å². The van der Waals surface area contributed by atoms with Crippen molar-refractivity contribution in [2.24, 2.45) is 0 Å². The van der Waals surface area contributed by atoms with E-state index < -0.39 is 0 Å². The van der Waals surface area contributed by atoms with E-state index in [0.717, 1.165) is 19.6 Å².